The molecule has 2 heterocycles. The largest absolute Gasteiger partial charge is 0.272 e. The molecular weight excluding hydrogens is 402 g/mol. The Morgan fingerprint density at radius 2 is 1.94 bits per heavy atom. The van der Waals surface area contributed by atoms with Gasteiger partial charge in [0, 0.05) is 10.9 Å². The number of hydrazone groups is 1. The van der Waals surface area contributed by atoms with Crippen LogP contribution in [0.5, 0.6) is 0 Å². The monoisotopic (exact) mass is 425 g/mol. The normalized spacial score (nSPS) is 14.6. The van der Waals surface area contributed by atoms with Gasteiger partial charge in [-0.1, -0.05) is 35.9 Å². The van der Waals surface area contributed by atoms with Gasteiger partial charge in [-0.15, -0.1) is 11.3 Å². The minimum Gasteiger partial charge on any atom is -0.267 e. The van der Waals surface area contributed by atoms with Crippen molar-refractivity contribution in [1.82, 2.24) is 10.4 Å². The van der Waals surface area contributed by atoms with Gasteiger partial charge in [0.05, 0.1) is 27.4 Å². The van der Waals surface area contributed by atoms with Crippen LogP contribution in [0.2, 0.25) is 0 Å². The maximum Gasteiger partial charge on any atom is 0.272 e. The first-order valence-corrected chi connectivity index (χ1v) is 11.4. The zero-order valence-electron chi connectivity index (χ0n) is 17.6. The minimum atomic E-state index is -0.208. The number of hydrogen-bond acceptors (Lipinski definition) is 4. The molecule has 4 nitrogen and oxygen atoms in total. The fraction of sp³-hybridized carbons (Fsp3) is 0.192. The van der Waals surface area contributed by atoms with Crippen LogP contribution < -0.4 is 5.43 Å². The lowest BCUT2D eigenvalue weighted by Crippen LogP contribution is -2.23. The van der Waals surface area contributed by atoms with Crippen molar-refractivity contribution in [2.45, 2.75) is 33.1 Å². The van der Waals surface area contributed by atoms with Crippen LogP contribution in [-0.2, 0) is 6.42 Å². The van der Waals surface area contributed by atoms with Gasteiger partial charge in [0.1, 0.15) is 0 Å². The van der Waals surface area contributed by atoms with Gasteiger partial charge in [-0.3, -0.25) is 4.79 Å². The summed E-state index contributed by atoms with van der Waals surface area (Å²) >= 11 is 1.61. The van der Waals surface area contributed by atoms with Gasteiger partial charge in [0.25, 0.3) is 5.91 Å². The summed E-state index contributed by atoms with van der Waals surface area (Å²) in [6, 6.07) is 18.0. The Hall–Kier alpha value is -3.31. The van der Waals surface area contributed by atoms with Crippen LogP contribution in [0.25, 0.3) is 21.5 Å². The predicted molar refractivity (Wildman–Crippen MR) is 128 cm³/mol. The average Bonchev–Trinajstić information content (AvgIpc) is 3.32. The van der Waals surface area contributed by atoms with Gasteiger partial charge in [0.15, 0.2) is 0 Å². The topological polar surface area (TPSA) is 54.4 Å². The number of aryl methyl sites for hydroxylation is 2. The van der Waals surface area contributed by atoms with Crippen LogP contribution in [0.1, 0.15) is 45.5 Å². The van der Waals surface area contributed by atoms with E-state index in [1.54, 1.807) is 11.3 Å². The highest BCUT2D eigenvalue weighted by Gasteiger charge is 2.19. The second-order valence-electron chi connectivity index (χ2n) is 8.01. The first kappa shape index (κ1) is 19.6. The number of pyridine rings is 1. The third-order valence-electron chi connectivity index (χ3n) is 5.80. The molecule has 0 atom stereocenters. The summed E-state index contributed by atoms with van der Waals surface area (Å²) in [6.07, 6.45) is 2.98. The second kappa shape index (κ2) is 8.08. The van der Waals surface area contributed by atoms with Crippen molar-refractivity contribution in [2.75, 3.05) is 0 Å². The van der Waals surface area contributed by atoms with Crippen molar-refractivity contribution in [3.8, 4) is 10.6 Å². The molecule has 1 aliphatic carbocycles. The zero-order chi connectivity index (χ0) is 21.4. The Labute approximate surface area is 185 Å². The maximum absolute atomic E-state index is 13.2. The fourth-order valence-corrected chi connectivity index (χ4v) is 5.05. The number of carbonyl (C=O) groups is 1. The molecule has 1 amide bonds. The highest BCUT2D eigenvalue weighted by Crippen LogP contribution is 2.29. The van der Waals surface area contributed by atoms with Crippen LogP contribution in [0.15, 0.2) is 65.1 Å². The molecule has 0 aliphatic heterocycles. The molecule has 4 aromatic rings. The molecule has 2 aromatic heterocycles. The Balaban J connectivity index is 1.52. The van der Waals surface area contributed by atoms with Gasteiger partial charge in [-0.05, 0) is 73.9 Å². The number of benzene rings is 2. The number of hydrogen-bond donors (Lipinski definition) is 1. The molecule has 0 radical (unpaired) electrons. The molecule has 0 unspecified atom stereocenters. The van der Waals surface area contributed by atoms with E-state index in [0.717, 1.165) is 46.4 Å². The molecule has 0 saturated carbocycles. The number of fused-ring (bicyclic) bond motifs is 2. The van der Waals surface area contributed by atoms with Crippen LogP contribution >= 0.6 is 11.3 Å². The number of nitrogens with one attached hydrogen (secondary N) is 1. The number of thiophene rings is 1. The molecule has 0 saturated heterocycles. The number of carbonyl (C=O) groups excluding carboxylic acids is 1. The Kier molecular flexibility index (Phi) is 5.12. The van der Waals surface area contributed by atoms with E-state index in [0.29, 0.717) is 5.56 Å². The molecule has 2 aromatic carbocycles. The highest BCUT2D eigenvalue weighted by molar-refractivity contribution is 7.13. The Morgan fingerprint density at radius 3 is 2.77 bits per heavy atom. The first-order chi connectivity index (χ1) is 15.1. The fourth-order valence-electron chi connectivity index (χ4n) is 4.36. The van der Waals surface area contributed by atoms with E-state index >= 15 is 0 Å². The number of aromatic nitrogens is 1. The second-order valence-corrected chi connectivity index (χ2v) is 8.96. The van der Waals surface area contributed by atoms with Crippen LogP contribution in [0, 0.1) is 13.8 Å². The molecule has 1 aliphatic rings. The molecule has 31 heavy (non-hydrogen) atoms. The van der Waals surface area contributed by atoms with E-state index in [1.165, 1.54) is 22.3 Å². The highest BCUT2D eigenvalue weighted by atomic mass is 32.1. The third kappa shape index (κ3) is 3.77. The Morgan fingerprint density at radius 1 is 1.06 bits per heavy atom. The molecule has 5 heteroatoms. The van der Waals surface area contributed by atoms with E-state index in [2.05, 4.69) is 36.5 Å². The lowest BCUT2D eigenvalue weighted by Gasteiger charge is -2.20. The van der Waals surface area contributed by atoms with E-state index in [-0.39, 0.29) is 5.91 Å². The van der Waals surface area contributed by atoms with Crippen LogP contribution in [0.4, 0.5) is 0 Å². The third-order valence-corrected chi connectivity index (χ3v) is 6.69. The summed E-state index contributed by atoms with van der Waals surface area (Å²) in [5.41, 5.74) is 11.0. The summed E-state index contributed by atoms with van der Waals surface area (Å²) in [4.78, 5) is 19.0. The number of amides is 1. The van der Waals surface area contributed by atoms with Crippen LogP contribution in [0.3, 0.4) is 0 Å². The van der Waals surface area contributed by atoms with Crippen molar-refractivity contribution in [3.05, 3.63) is 87.8 Å². The lowest BCUT2D eigenvalue weighted by molar-refractivity contribution is 0.0956. The summed E-state index contributed by atoms with van der Waals surface area (Å²) in [6.45, 7) is 4.26. The van der Waals surface area contributed by atoms with E-state index in [4.69, 9.17) is 4.98 Å². The summed E-state index contributed by atoms with van der Waals surface area (Å²) in [7, 11) is 0. The van der Waals surface area contributed by atoms with E-state index < -0.39 is 0 Å². The van der Waals surface area contributed by atoms with Crippen molar-refractivity contribution in [2.24, 2.45) is 5.10 Å². The minimum absolute atomic E-state index is 0.208. The number of rotatable bonds is 3. The van der Waals surface area contributed by atoms with Gasteiger partial charge in [-0.2, -0.15) is 5.10 Å². The van der Waals surface area contributed by atoms with Crippen molar-refractivity contribution >= 4 is 33.9 Å². The van der Waals surface area contributed by atoms with E-state index in [1.807, 2.05) is 47.8 Å². The zero-order valence-corrected chi connectivity index (χ0v) is 18.4. The molecule has 5 rings (SSSR count). The molecule has 1 N–H and O–H groups in total. The maximum atomic E-state index is 13.2. The Bertz CT molecular complexity index is 1320. The summed E-state index contributed by atoms with van der Waals surface area (Å²) in [5.74, 6) is -0.208. The molecule has 0 fully saturated rings. The first-order valence-electron chi connectivity index (χ1n) is 10.5. The molecule has 0 spiro atoms. The van der Waals surface area contributed by atoms with Crippen molar-refractivity contribution < 1.29 is 4.79 Å². The average molecular weight is 426 g/mol. The predicted octanol–water partition coefficient (Wildman–Crippen LogP) is 6.05. The summed E-state index contributed by atoms with van der Waals surface area (Å²) < 4.78 is 0. The van der Waals surface area contributed by atoms with Crippen molar-refractivity contribution in [1.29, 1.82) is 0 Å². The van der Waals surface area contributed by atoms with Crippen LogP contribution in [-0.4, -0.2) is 16.6 Å². The molecular formula is C26H23N3OS. The standard InChI is InChI=1S/C26H23N3OS/c1-16-13-17(2)18-8-5-10-23(20(18)14-16)28-29-26(30)21-15-24(25-11-6-12-31-25)27-22-9-4-3-7-19(21)22/h3-4,6-7,9,11-15H,5,8,10H2,1-2H3,(H,29,30)/b28-23+. The molecule has 154 valence electrons. The van der Waals surface area contributed by atoms with Gasteiger partial charge < -0.3 is 0 Å². The number of para-hydroxylation sites is 1. The quantitative estimate of drug-likeness (QED) is 0.406. The molecule has 0 bridgehead atoms. The smallest absolute Gasteiger partial charge is 0.267 e. The number of nitrogens with zero attached hydrogens (tertiary/aromatic N) is 2. The van der Waals surface area contributed by atoms with Gasteiger partial charge >= 0.3 is 0 Å². The summed E-state index contributed by atoms with van der Waals surface area (Å²) in [5, 5.41) is 7.43. The van der Waals surface area contributed by atoms with Crippen molar-refractivity contribution in [3.63, 3.8) is 0 Å². The lowest BCUT2D eigenvalue weighted by atomic mass is 9.86. The van der Waals surface area contributed by atoms with Gasteiger partial charge in [-0.25, -0.2) is 10.4 Å². The van der Waals surface area contributed by atoms with Gasteiger partial charge in [0.2, 0.25) is 0 Å². The SMILES string of the molecule is Cc1cc(C)c2c(c1)/C(=N/NC(=O)c1cc(-c3cccs3)nc3ccccc13)CCC2. The van der Waals surface area contributed by atoms with E-state index in [9.17, 15) is 4.79 Å².